The van der Waals surface area contributed by atoms with Crippen molar-refractivity contribution in [1.82, 2.24) is 0 Å². The molecule has 6 fully saturated rings. The zero-order valence-electron chi connectivity index (χ0n) is 34.9. The molecule has 7 rings (SSSR count). The van der Waals surface area contributed by atoms with Gasteiger partial charge in [-0.05, 0) is 104 Å². The average molecular weight is 811 g/mol. The van der Waals surface area contributed by atoms with Crippen molar-refractivity contribution in [2.24, 2.45) is 50.2 Å². The number of rotatable bonds is 8. The van der Waals surface area contributed by atoms with Gasteiger partial charge < -0.3 is 64.5 Å². The van der Waals surface area contributed by atoms with Crippen LogP contribution in [0.15, 0.2) is 11.6 Å². The number of hydrogen-bond donors (Lipinski definition) is 8. The number of methoxy groups -OCH3 is 1. The van der Waals surface area contributed by atoms with E-state index >= 15 is 0 Å². The second kappa shape index (κ2) is 15.3. The fourth-order valence-corrected chi connectivity index (χ4v) is 13.9. The Hall–Kier alpha value is -1.27. The number of carbonyl (C=O) groups excluding carboxylic acids is 1. The molecule has 0 spiro atoms. The molecule has 5 aliphatic carbocycles. The van der Waals surface area contributed by atoms with Crippen LogP contribution in [0.5, 0.6) is 0 Å². The maximum atomic E-state index is 13.7. The number of aliphatic hydroxyl groups is 8. The Morgan fingerprint density at radius 3 is 2.00 bits per heavy atom. The van der Waals surface area contributed by atoms with Crippen molar-refractivity contribution < 1.29 is 69.3 Å². The van der Waals surface area contributed by atoms with E-state index < -0.39 is 91.6 Å². The molecule has 2 heterocycles. The highest BCUT2D eigenvalue weighted by Crippen LogP contribution is 2.76. The van der Waals surface area contributed by atoms with Gasteiger partial charge in [0.05, 0.1) is 38.4 Å². The van der Waals surface area contributed by atoms with Crippen LogP contribution >= 0.6 is 0 Å². The third-order valence-electron chi connectivity index (χ3n) is 17.6. The van der Waals surface area contributed by atoms with Gasteiger partial charge in [0.25, 0.3) is 0 Å². The first-order chi connectivity index (χ1) is 26.7. The average Bonchev–Trinajstić information content (AvgIpc) is 3.18. The summed E-state index contributed by atoms with van der Waals surface area (Å²) in [6.07, 6.45) is -5.18. The summed E-state index contributed by atoms with van der Waals surface area (Å²) in [6, 6.07) is 0. The first kappa shape index (κ1) is 43.8. The number of aliphatic hydroxyl groups excluding tert-OH is 8. The summed E-state index contributed by atoms with van der Waals surface area (Å²) < 4.78 is 29.9. The van der Waals surface area contributed by atoms with Crippen LogP contribution in [0.4, 0.5) is 0 Å². The van der Waals surface area contributed by atoms with Gasteiger partial charge in [-0.15, -0.1) is 0 Å². The summed E-state index contributed by atoms with van der Waals surface area (Å²) in [5.41, 5.74) is -0.0994. The quantitative estimate of drug-likeness (QED) is 0.0998. The summed E-state index contributed by atoms with van der Waals surface area (Å²) >= 11 is 0. The minimum Gasteiger partial charge on any atom is -0.469 e. The standard InChI is InChI=1S/C43H70O14/c1-38(2)14-16-43(37(52)53-7)17-15-41(5)22(23(43)18-38)8-9-27-39(3)12-11-28(40(4,21-46)26(39)10-13-42(27,41)6)56-36-34(32(50)30(48)25(20-45)55-36)57-35-33(51)31(49)29(47)24(19-44)54-35/h8,23-36,44-51H,9-21H2,1-7H3. The van der Waals surface area contributed by atoms with Gasteiger partial charge in [-0.25, -0.2) is 0 Å². The van der Waals surface area contributed by atoms with Crippen LogP contribution in [0.25, 0.3) is 0 Å². The van der Waals surface area contributed by atoms with E-state index in [1.807, 2.05) is 6.92 Å². The Labute approximate surface area is 336 Å². The lowest BCUT2D eigenvalue weighted by Crippen LogP contribution is -2.67. The van der Waals surface area contributed by atoms with Crippen LogP contribution in [0, 0.1) is 50.2 Å². The number of ether oxygens (including phenoxy) is 5. The zero-order valence-corrected chi connectivity index (χ0v) is 34.9. The molecule has 0 aromatic rings. The highest BCUT2D eigenvalue weighted by molar-refractivity contribution is 5.78. The molecule has 0 radical (unpaired) electrons. The minimum absolute atomic E-state index is 0.0225. The Bertz CT molecular complexity index is 1520. The van der Waals surface area contributed by atoms with E-state index in [-0.39, 0.29) is 52.0 Å². The predicted octanol–water partition coefficient (Wildman–Crippen LogP) is 1.94. The third kappa shape index (κ3) is 6.52. The Morgan fingerprint density at radius 2 is 1.37 bits per heavy atom. The van der Waals surface area contributed by atoms with E-state index in [2.05, 4.69) is 40.7 Å². The second-order valence-corrected chi connectivity index (χ2v) is 20.7. The second-order valence-electron chi connectivity index (χ2n) is 20.7. The van der Waals surface area contributed by atoms with Gasteiger partial charge >= 0.3 is 5.97 Å². The summed E-state index contributed by atoms with van der Waals surface area (Å²) in [5, 5.41) is 84.9. The van der Waals surface area contributed by atoms with Crippen LogP contribution in [0.1, 0.15) is 106 Å². The molecule has 14 heteroatoms. The monoisotopic (exact) mass is 810 g/mol. The predicted molar refractivity (Wildman–Crippen MR) is 204 cm³/mol. The SMILES string of the molecule is COC(=O)C12CCC(C)(C)CC1C1=CCC3C4(C)CCC(OC5OC(CO)C(O)C(O)C5OC5OC(CO)C(O)C(O)C5O)C(C)(CO)C4CCC3(C)C1(C)CC2. The fraction of sp³-hybridized carbons (Fsp3) is 0.930. The van der Waals surface area contributed by atoms with E-state index in [9.17, 15) is 45.6 Å². The summed E-state index contributed by atoms with van der Waals surface area (Å²) in [6.45, 7) is 12.5. The first-order valence-electron chi connectivity index (χ1n) is 21.4. The number of hydrogen-bond acceptors (Lipinski definition) is 14. The highest BCUT2D eigenvalue weighted by Gasteiger charge is 2.70. The third-order valence-corrected chi connectivity index (χ3v) is 17.6. The maximum absolute atomic E-state index is 13.7. The topological polar surface area (TPSA) is 225 Å². The zero-order chi connectivity index (χ0) is 41.7. The smallest absolute Gasteiger partial charge is 0.312 e. The van der Waals surface area contributed by atoms with Gasteiger partial charge in [0.15, 0.2) is 12.6 Å². The molecule has 0 aromatic carbocycles. The normalized spacial score (nSPS) is 53.4. The lowest BCUT2D eigenvalue weighted by Gasteiger charge is -2.71. The first-order valence-corrected chi connectivity index (χ1v) is 21.4. The Kier molecular flexibility index (Phi) is 11.7. The molecule has 19 atom stereocenters. The van der Waals surface area contributed by atoms with E-state index in [1.165, 1.54) is 12.7 Å². The van der Waals surface area contributed by atoms with Gasteiger partial charge in [-0.2, -0.15) is 0 Å². The molecule has 14 nitrogen and oxygen atoms in total. The molecular weight excluding hydrogens is 740 g/mol. The van der Waals surface area contributed by atoms with Crippen LogP contribution < -0.4 is 0 Å². The largest absolute Gasteiger partial charge is 0.469 e. The molecular formula is C43H70O14. The molecule has 19 unspecified atom stereocenters. The molecule has 0 bridgehead atoms. The number of esters is 1. The van der Waals surface area contributed by atoms with Crippen LogP contribution in [0.2, 0.25) is 0 Å². The molecule has 2 aliphatic heterocycles. The maximum Gasteiger partial charge on any atom is 0.312 e. The number of allylic oxidation sites excluding steroid dienone is 2. The van der Waals surface area contributed by atoms with Crippen molar-refractivity contribution in [1.29, 1.82) is 0 Å². The molecule has 2 saturated heterocycles. The summed E-state index contributed by atoms with van der Waals surface area (Å²) in [4.78, 5) is 13.7. The van der Waals surface area contributed by atoms with Gasteiger partial charge in [-0.1, -0.05) is 53.2 Å². The molecule has 0 aromatic heterocycles. The van der Waals surface area contributed by atoms with Gasteiger partial charge in [-0.3, -0.25) is 4.79 Å². The van der Waals surface area contributed by atoms with Crippen molar-refractivity contribution >= 4 is 5.97 Å². The highest BCUT2D eigenvalue weighted by atomic mass is 16.8. The fourth-order valence-electron chi connectivity index (χ4n) is 13.9. The van der Waals surface area contributed by atoms with Crippen molar-refractivity contribution in [2.75, 3.05) is 26.9 Å². The Balaban J connectivity index is 1.17. The minimum atomic E-state index is -1.78. The summed E-state index contributed by atoms with van der Waals surface area (Å²) in [7, 11) is 1.53. The molecule has 8 N–H and O–H groups in total. The van der Waals surface area contributed by atoms with E-state index in [0.717, 1.165) is 57.8 Å². The molecule has 4 saturated carbocycles. The lowest BCUT2D eigenvalue weighted by molar-refractivity contribution is -0.379. The van der Waals surface area contributed by atoms with Crippen LogP contribution in [0.3, 0.4) is 0 Å². The number of carbonyl (C=O) groups is 1. The molecule has 0 amide bonds. The molecule has 57 heavy (non-hydrogen) atoms. The Morgan fingerprint density at radius 1 is 0.737 bits per heavy atom. The van der Waals surface area contributed by atoms with Gasteiger partial charge in [0.1, 0.15) is 48.8 Å². The molecule has 7 aliphatic rings. The van der Waals surface area contributed by atoms with E-state index in [1.54, 1.807) is 0 Å². The van der Waals surface area contributed by atoms with E-state index in [0.29, 0.717) is 6.42 Å². The van der Waals surface area contributed by atoms with Crippen LogP contribution in [-0.2, 0) is 28.5 Å². The van der Waals surface area contributed by atoms with E-state index in [4.69, 9.17) is 23.7 Å². The van der Waals surface area contributed by atoms with Gasteiger partial charge in [0.2, 0.25) is 0 Å². The van der Waals surface area contributed by atoms with Crippen molar-refractivity contribution in [3.63, 3.8) is 0 Å². The number of fused-ring (bicyclic) bond motifs is 7. The van der Waals surface area contributed by atoms with Crippen molar-refractivity contribution in [3.8, 4) is 0 Å². The van der Waals surface area contributed by atoms with Crippen molar-refractivity contribution in [3.05, 3.63) is 11.6 Å². The summed E-state index contributed by atoms with van der Waals surface area (Å²) in [5.74, 6) is 0.374. The lowest BCUT2D eigenvalue weighted by atomic mass is 9.33. The van der Waals surface area contributed by atoms with Gasteiger partial charge in [0, 0.05) is 5.41 Å². The van der Waals surface area contributed by atoms with Crippen LogP contribution in [-0.4, -0.2) is 141 Å². The van der Waals surface area contributed by atoms with Crippen molar-refractivity contribution in [2.45, 2.75) is 173 Å². The molecule has 326 valence electrons.